The summed E-state index contributed by atoms with van der Waals surface area (Å²) in [5.74, 6) is 0.140. The van der Waals surface area contributed by atoms with Gasteiger partial charge in [-0.3, -0.25) is 4.79 Å². The monoisotopic (exact) mass is 234 g/mol. The number of amides is 1. The molecule has 1 aliphatic carbocycles. The van der Waals surface area contributed by atoms with Gasteiger partial charge in [0.2, 0.25) is 5.91 Å². The van der Waals surface area contributed by atoms with Gasteiger partial charge in [0.25, 0.3) is 0 Å². The highest BCUT2D eigenvalue weighted by Crippen LogP contribution is 2.38. The third-order valence-electron chi connectivity index (χ3n) is 3.54. The lowest BCUT2D eigenvalue weighted by Crippen LogP contribution is -2.24. The van der Waals surface area contributed by atoms with E-state index in [0.29, 0.717) is 6.42 Å². The van der Waals surface area contributed by atoms with Gasteiger partial charge in [-0.25, -0.2) is 0 Å². The van der Waals surface area contributed by atoms with Gasteiger partial charge in [-0.2, -0.15) is 0 Å². The first kappa shape index (κ1) is 12.2. The summed E-state index contributed by atoms with van der Waals surface area (Å²) in [6.07, 6.45) is 4.16. The highest BCUT2D eigenvalue weighted by molar-refractivity contribution is 5.75. The van der Waals surface area contributed by atoms with Crippen molar-refractivity contribution >= 4 is 5.91 Å². The molecule has 0 spiro atoms. The van der Waals surface area contributed by atoms with Gasteiger partial charge in [0.15, 0.2) is 0 Å². The largest absolute Gasteiger partial charge is 0.356 e. The van der Waals surface area contributed by atoms with Crippen LogP contribution in [0.2, 0.25) is 0 Å². The van der Waals surface area contributed by atoms with Crippen LogP contribution in [0.15, 0.2) is 6.07 Å². The van der Waals surface area contributed by atoms with Crippen molar-refractivity contribution in [2.45, 2.75) is 52.5 Å². The van der Waals surface area contributed by atoms with Crippen LogP contribution in [0.5, 0.6) is 0 Å². The lowest BCUT2D eigenvalue weighted by molar-refractivity contribution is -0.120. The molecule has 1 amide bonds. The molecule has 0 aliphatic heterocycles. The Kier molecular flexibility index (Phi) is 3.55. The standard InChI is InChI=1S/C14H22N2O/c1-4-14(17)15-8-7-12-9-10(2)16(11(12)3)13-5-6-13/h9,13H,4-8H2,1-3H3,(H,15,17). The molecule has 0 aromatic carbocycles. The van der Waals surface area contributed by atoms with Crippen molar-refractivity contribution in [3.05, 3.63) is 23.0 Å². The molecule has 1 aromatic heterocycles. The van der Waals surface area contributed by atoms with Gasteiger partial charge in [0.05, 0.1) is 0 Å². The van der Waals surface area contributed by atoms with Crippen LogP contribution < -0.4 is 5.32 Å². The molecule has 1 aliphatic rings. The average molecular weight is 234 g/mol. The Bertz CT molecular complexity index is 416. The third-order valence-corrected chi connectivity index (χ3v) is 3.54. The second kappa shape index (κ2) is 4.94. The number of rotatable bonds is 5. The van der Waals surface area contributed by atoms with Crippen LogP contribution in [0.3, 0.4) is 0 Å². The Morgan fingerprint density at radius 3 is 2.76 bits per heavy atom. The van der Waals surface area contributed by atoms with E-state index in [0.717, 1.165) is 19.0 Å². The molecule has 3 heteroatoms. The van der Waals surface area contributed by atoms with E-state index in [1.807, 2.05) is 6.92 Å². The second-order valence-electron chi connectivity index (χ2n) is 4.95. The highest BCUT2D eigenvalue weighted by Gasteiger charge is 2.26. The van der Waals surface area contributed by atoms with Crippen LogP contribution in [0, 0.1) is 13.8 Å². The van der Waals surface area contributed by atoms with E-state index in [1.54, 1.807) is 0 Å². The summed E-state index contributed by atoms with van der Waals surface area (Å²) in [7, 11) is 0. The van der Waals surface area contributed by atoms with E-state index in [4.69, 9.17) is 0 Å². The molecule has 0 unspecified atom stereocenters. The zero-order chi connectivity index (χ0) is 12.4. The van der Waals surface area contributed by atoms with Gasteiger partial charge in [0, 0.05) is 30.4 Å². The molecule has 1 fully saturated rings. The first-order valence-electron chi connectivity index (χ1n) is 6.57. The van der Waals surface area contributed by atoms with Gasteiger partial charge >= 0.3 is 0 Å². The van der Waals surface area contributed by atoms with Crippen molar-refractivity contribution in [2.75, 3.05) is 6.54 Å². The topological polar surface area (TPSA) is 34.0 Å². The number of aryl methyl sites for hydroxylation is 1. The molecule has 1 heterocycles. The van der Waals surface area contributed by atoms with Crippen LogP contribution >= 0.6 is 0 Å². The smallest absolute Gasteiger partial charge is 0.219 e. The molecule has 0 atom stereocenters. The lowest BCUT2D eigenvalue weighted by Gasteiger charge is -2.08. The fourth-order valence-electron chi connectivity index (χ4n) is 2.45. The Morgan fingerprint density at radius 1 is 1.47 bits per heavy atom. The number of carbonyl (C=O) groups excluding carboxylic acids is 1. The van der Waals surface area contributed by atoms with Crippen molar-refractivity contribution in [3.63, 3.8) is 0 Å². The SMILES string of the molecule is CCC(=O)NCCc1cc(C)n(C2CC2)c1C. The predicted octanol–water partition coefficient (Wildman–Crippen LogP) is 2.51. The van der Waals surface area contributed by atoms with Crippen LogP contribution in [-0.2, 0) is 11.2 Å². The number of hydrogen-bond donors (Lipinski definition) is 1. The zero-order valence-corrected chi connectivity index (χ0v) is 11.0. The molecule has 1 N–H and O–H groups in total. The summed E-state index contributed by atoms with van der Waals surface area (Å²) in [6, 6.07) is 3.01. The first-order valence-corrected chi connectivity index (χ1v) is 6.57. The van der Waals surface area contributed by atoms with Crippen LogP contribution in [0.4, 0.5) is 0 Å². The predicted molar refractivity (Wildman–Crippen MR) is 69.2 cm³/mol. The summed E-state index contributed by atoms with van der Waals surface area (Å²) >= 11 is 0. The molecule has 0 saturated heterocycles. The molecule has 2 rings (SSSR count). The maximum absolute atomic E-state index is 11.2. The Balaban J connectivity index is 1.97. The molecule has 94 valence electrons. The number of carbonyl (C=O) groups is 1. The summed E-state index contributed by atoms with van der Waals surface area (Å²) in [5, 5.41) is 2.93. The Labute approximate surface area is 103 Å². The minimum atomic E-state index is 0.140. The van der Waals surface area contributed by atoms with Crippen LogP contribution in [0.1, 0.15) is 49.2 Å². The van der Waals surface area contributed by atoms with Gasteiger partial charge in [-0.1, -0.05) is 6.92 Å². The quantitative estimate of drug-likeness (QED) is 0.834. The molecular weight excluding hydrogens is 212 g/mol. The Morgan fingerprint density at radius 2 is 2.18 bits per heavy atom. The van der Waals surface area contributed by atoms with Crippen LogP contribution in [-0.4, -0.2) is 17.0 Å². The van der Waals surface area contributed by atoms with E-state index in [9.17, 15) is 4.79 Å². The van der Waals surface area contributed by atoms with Crippen LogP contribution in [0.25, 0.3) is 0 Å². The summed E-state index contributed by atoms with van der Waals surface area (Å²) in [5.41, 5.74) is 4.13. The minimum absolute atomic E-state index is 0.140. The first-order chi connectivity index (χ1) is 8.13. The molecule has 17 heavy (non-hydrogen) atoms. The maximum Gasteiger partial charge on any atom is 0.219 e. The third kappa shape index (κ3) is 2.71. The molecule has 3 nitrogen and oxygen atoms in total. The van der Waals surface area contributed by atoms with E-state index in [-0.39, 0.29) is 5.91 Å². The Hall–Kier alpha value is -1.25. The van der Waals surface area contributed by atoms with E-state index < -0.39 is 0 Å². The van der Waals surface area contributed by atoms with Crippen molar-refractivity contribution in [1.29, 1.82) is 0 Å². The highest BCUT2D eigenvalue weighted by atomic mass is 16.1. The maximum atomic E-state index is 11.2. The molecule has 0 radical (unpaired) electrons. The lowest BCUT2D eigenvalue weighted by atomic mass is 10.2. The van der Waals surface area contributed by atoms with Crippen molar-refractivity contribution in [1.82, 2.24) is 9.88 Å². The zero-order valence-electron chi connectivity index (χ0n) is 11.0. The molecule has 0 bridgehead atoms. The fraction of sp³-hybridized carbons (Fsp3) is 0.643. The van der Waals surface area contributed by atoms with Gasteiger partial charge in [0.1, 0.15) is 0 Å². The normalized spacial score (nSPS) is 15.0. The summed E-state index contributed by atoms with van der Waals surface area (Å²) in [6.45, 7) is 7.01. The fourth-order valence-corrected chi connectivity index (χ4v) is 2.45. The van der Waals surface area contributed by atoms with Gasteiger partial charge in [-0.05, 0) is 44.7 Å². The van der Waals surface area contributed by atoms with Gasteiger partial charge < -0.3 is 9.88 Å². The van der Waals surface area contributed by atoms with Gasteiger partial charge in [-0.15, -0.1) is 0 Å². The van der Waals surface area contributed by atoms with Crippen molar-refractivity contribution in [2.24, 2.45) is 0 Å². The molecular formula is C14H22N2O. The van der Waals surface area contributed by atoms with Crippen molar-refractivity contribution < 1.29 is 4.79 Å². The van der Waals surface area contributed by atoms with Crippen molar-refractivity contribution in [3.8, 4) is 0 Å². The number of nitrogens with zero attached hydrogens (tertiary/aromatic N) is 1. The second-order valence-corrected chi connectivity index (χ2v) is 4.95. The minimum Gasteiger partial charge on any atom is -0.356 e. The number of aromatic nitrogens is 1. The number of nitrogens with one attached hydrogen (secondary N) is 1. The number of hydrogen-bond acceptors (Lipinski definition) is 1. The summed E-state index contributed by atoms with van der Waals surface area (Å²) < 4.78 is 2.46. The molecule has 1 aromatic rings. The molecule has 1 saturated carbocycles. The van der Waals surface area contributed by atoms with E-state index in [2.05, 4.69) is 29.8 Å². The van der Waals surface area contributed by atoms with E-state index >= 15 is 0 Å². The van der Waals surface area contributed by atoms with E-state index in [1.165, 1.54) is 29.8 Å². The average Bonchev–Trinajstić information content (AvgIpc) is 3.08. The summed E-state index contributed by atoms with van der Waals surface area (Å²) in [4.78, 5) is 11.2.